The molecule has 2 aliphatic rings. The third kappa shape index (κ3) is 5.85. The molecule has 2 aromatic rings. The van der Waals surface area contributed by atoms with Gasteiger partial charge in [-0.25, -0.2) is 0 Å². The topological polar surface area (TPSA) is 77.0 Å². The van der Waals surface area contributed by atoms with Crippen LogP contribution in [0.4, 0.5) is 5.69 Å². The van der Waals surface area contributed by atoms with Crippen molar-refractivity contribution in [3.63, 3.8) is 0 Å². The summed E-state index contributed by atoms with van der Waals surface area (Å²) in [5.41, 5.74) is 3.55. The van der Waals surface area contributed by atoms with E-state index in [-0.39, 0.29) is 35.8 Å². The number of rotatable bonds is 7. The minimum atomic E-state index is -0.185. The quantitative estimate of drug-likeness (QED) is 0.178. The summed E-state index contributed by atoms with van der Waals surface area (Å²) >= 11 is 0. The van der Waals surface area contributed by atoms with Crippen LogP contribution in [0.2, 0.25) is 0 Å². The third-order valence-corrected chi connectivity index (χ3v) is 6.13. The van der Waals surface area contributed by atoms with Gasteiger partial charge in [-0.1, -0.05) is 29.8 Å². The van der Waals surface area contributed by atoms with Crippen molar-refractivity contribution in [3.05, 3.63) is 65.2 Å². The van der Waals surface area contributed by atoms with E-state index in [1.807, 2.05) is 0 Å². The van der Waals surface area contributed by atoms with Gasteiger partial charge in [0.25, 0.3) is 11.8 Å². The number of carbonyl (C=O) groups excluding carboxylic acids is 2. The van der Waals surface area contributed by atoms with Crippen LogP contribution in [0.5, 0.6) is 0 Å². The lowest BCUT2D eigenvalue weighted by molar-refractivity contribution is 0.0652. The van der Waals surface area contributed by atoms with Crippen molar-refractivity contribution in [2.75, 3.05) is 38.1 Å². The van der Waals surface area contributed by atoms with E-state index in [1.165, 1.54) is 16.2 Å². The van der Waals surface area contributed by atoms with E-state index >= 15 is 0 Å². The number of nitrogens with zero attached hydrogens (tertiary/aromatic N) is 3. The molecule has 2 aromatic carbocycles. The lowest BCUT2D eigenvalue weighted by Crippen LogP contribution is -2.45. The molecule has 0 aliphatic carbocycles. The van der Waals surface area contributed by atoms with Gasteiger partial charge in [0.2, 0.25) is 0 Å². The van der Waals surface area contributed by atoms with Crippen molar-refractivity contribution in [1.29, 1.82) is 0 Å². The number of halogens is 1. The van der Waals surface area contributed by atoms with Crippen LogP contribution < -0.4 is 15.5 Å². The number of guanidine groups is 1. The second kappa shape index (κ2) is 11.5. The number of nitrogens with one attached hydrogen (secondary N) is 2. The second-order valence-electron chi connectivity index (χ2n) is 8.43. The van der Waals surface area contributed by atoms with E-state index in [2.05, 4.69) is 51.7 Å². The molecule has 33 heavy (non-hydrogen) atoms. The first-order chi connectivity index (χ1) is 15.6. The van der Waals surface area contributed by atoms with Gasteiger partial charge in [-0.05, 0) is 50.5 Å². The maximum atomic E-state index is 12.4. The summed E-state index contributed by atoms with van der Waals surface area (Å²) in [5, 5.41) is 6.87. The molecule has 8 heteroatoms. The normalized spacial score (nSPS) is 17.8. The monoisotopic (exact) mass is 561 g/mol. The minimum absolute atomic E-state index is 0. The van der Waals surface area contributed by atoms with Crippen LogP contribution in [0.25, 0.3) is 0 Å². The molecule has 1 unspecified atom stereocenters. The molecule has 2 amide bonds. The Hall–Kier alpha value is -2.62. The third-order valence-electron chi connectivity index (χ3n) is 6.13. The highest BCUT2D eigenvalue weighted by Crippen LogP contribution is 2.23. The molecule has 0 spiro atoms. The second-order valence-corrected chi connectivity index (χ2v) is 8.43. The zero-order valence-corrected chi connectivity index (χ0v) is 21.5. The van der Waals surface area contributed by atoms with E-state index < -0.39 is 0 Å². The molecule has 0 bridgehead atoms. The number of hydrogen-bond donors (Lipinski definition) is 2. The van der Waals surface area contributed by atoms with Gasteiger partial charge in [0.1, 0.15) is 0 Å². The lowest BCUT2D eigenvalue weighted by atomic mass is 10.1. The van der Waals surface area contributed by atoms with E-state index in [4.69, 9.17) is 0 Å². The van der Waals surface area contributed by atoms with Crippen LogP contribution in [-0.4, -0.2) is 61.9 Å². The standard InChI is InChI=1S/C25H31N5O2.HI/c1-18-9-11-20(12-10-18)29-16-13-19(17-29)28-25(26-2)27-14-5-6-15-30-23(31)21-7-3-4-8-22(21)24(30)32;/h3-4,7-12,19H,5-6,13-17H2,1-2H3,(H2,26,27,28);1H. The fraction of sp³-hybridized carbons (Fsp3) is 0.400. The van der Waals surface area contributed by atoms with Crippen LogP contribution in [0.3, 0.4) is 0 Å². The highest BCUT2D eigenvalue weighted by Gasteiger charge is 2.34. The lowest BCUT2D eigenvalue weighted by Gasteiger charge is -2.20. The molecule has 7 nitrogen and oxygen atoms in total. The van der Waals surface area contributed by atoms with Crippen LogP contribution in [-0.2, 0) is 0 Å². The van der Waals surface area contributed by atoms with Crippen molar-refractivity contribution < 1.29 is 9.59 Å². The van der Waals surface area contributed by atoms with Crippen molar-refractivity contribution in [2.45, 2.75) is 32.2 Å². The number of benzene rings is 2. The Balaban J connectivity index is 0.00000306. The Bertz CT molecular complexity index is 973. The summed E-state index contributed by atoms with van der Waals surface area (Å²) in [5.74, 6) is 0.423. The maximum absolute atomic E-state index is 12.4. The average Bonchev–Trinajstić information content (AvgIpc) is 3.37. The molecule has 0 radical (unpaired) electrons. The summed E-state index contributed by atoms with van der Waals surface area (Å²) in [4.78, 5) is 32.9. The molecule has 2 aliphatic heterocycles. The number of unbranched alkanes of at least 4 members (excludes halogenated alkanes) is 1. The van der Waals surface area contributed by atoms with Crippen molar-refractivity contribution in [2.24, 2.45) is 4.99 Å². The van der Waals surface area contributed by atoms with Crippen LogP contribution in [0, 0.1) is 6.92 Å². The van der Waals surface area contributed by atoms with Gasteiger partial charge in [-0.3, -0.25) is 19.5 Å². The number of amides is 2. The minimum Gasteiger partial charge on any atom is -0.369 e. The number of imide groups is 1. The van der Waals surface area contributed by atoms with Crippen molar-refractivity contribution in [3.8, 4) is 0 Å². The first-order valence-corrected chi connectivity index (χ1v) is 11.3. The number of aliphatic imine (C=N–C) groups is 1. The molecule has 4 rings (SSSR count). The van der Waals surface area contributed by atoms with Crippen LogP contribution >= 0.6 is 24.0 Å². The van der Waals surface area contributed by atoms with E-state index in [1.54, 1.807) is 31.3 Å². The Morgan fingerprint density at radius 3 is 2.33 bits per heavy atom. The first-order valence-electron chi connectivity index (χ1n) is 11.3. The highest BCUT2D eigenvalue weighted by molar-refractivity contribution is 14.0. The number of fused-ring (bicyclic) bond motifs is 1. The predicted molar refractivity (Wildman–Crippen MR) is 143 cm³/mol. The van der Waals surface area contributed by atoms with Gasteiger partial charge in [-0.2, -0.15) is 0 Å². The number of aryl methyl sites for hydroxylation is 1. The summed E-state index contributed by atoms with van der Waals surface area (Å²) in [6, 6.07) is 16.0. The largest absolute Gasteiger partial charge is 0.369 e. The molecule has 0 aromatic heterocycles. The maximum Gasteiger partial charge on any atom is 0.261 e. The van der Waals surface area contributed by atoms with E-state index in [0.29, 0.717) is 23.7 Å². The van der Waals surface area contributed by atoms with Gasteiger partial charge in [0.05, 0.1) is 11.1 Å². The Labute approximate surface area is 212 Å². The SMILES string of the molecule is CN=C(NCCCCN1C(=O)c2ccccc2C1=O)NC1CCN(c2ccc(C)cc2)C1.I. The number of carbonyl (C=O) groups is 2. The summed E-state index contributed by atoms with van der Waals surface area (Å²) in [7, 11) is 1.78. The predicted octanol–water partition coefficient (Wildman–Crippen LogP) is 3.43. The molecule has 1 fully saturated rings. The molecular formula is C25H32IN5O2. The molecule has 2 heterocycles. The van der Waals surface area contributed by atoms with E-state index in [0.717, 1.165) is 44.9 Å². The van der Waals surface area contributed by atoms with Gasteiger partial charge in [0, 0.05) is 45.0 Å². The zero-order valence-electron chi connectivity index (χ0n) is 19.2. The van der Waals surface area contributed by atoms with Crippen molar-refractivity contribution in [1.82, 2.24) is 15.5 Å². The molecular weight excluding hydrogens is 529 g/mol. The van der Waals surface area contributed by atoms with Crippen LogP contribution in [0.15, 0.2) is 53.5 Å². The Morgan fingerprint density at radius 2 is 1.70 bits per heavy atom. The Morgan fingerprint density at radius 1 is 1.03 bits per heavy atom. The fourth-order valence-corrected chi connectivity index (χ4v) is 4.30. The van der Waals surface area contributed by atoms with Gasteiger partial charge in [0.15, 0.2) is 5.96 Å². The molecule has 1 saturated heterocycles. The summed E-state index contributed by atoms with van der Waals surface area (Å²) < 4.78 is 0. The first kappa shape index (κ1) is 25.0. The zero-order chi connectivity index (χ0) is 22.5. The number of hydrogen-bond acceptors (Lipinski definition) is 4. The summed E-state index contributed by atoms with van der Waals surface area (Å²) in [6.07, 6.45) is 2.66. The number of anilines is 1. The molecule has 176 valence electrons. The average molecular weight is 561 g/mol. The Kier molecular flexibility index (Phi) is 8.71. The van der Waals surface area contributed by atoms with Crippen LogP contribution in [0.1, 0.15) is 45.5 Å². The van der Waals surface area contributed by atoms with E-state index in [9.17, 15) is 9.59 Å². The van der Waals surface area contributed by atoms with Gasteiger partial charge >= 0.3 is 0 Å². The van der Waals surface area contributed by atoms with Crippen molar-refractivity contribution >= 4 is 47.4 Å². The smallest absolute Gasteiger partial charge is 0.261 e. The van der Waals surface area contributed by atoms with Gasteiger partial charge in [-0.15, -0.1) is 24.0 Å². The summed E-state index contributed by atoms with van der Waals surface area (Å²) in [6.45, 7) is 5.25. The highest BCUT2D eigenvalue weighted by atomic mass is 127. The molecule has 0 saturated carbocycles. The van der Waals surface area contributed by atoms with Gasteiger partial charge < -0.3 is 15.5 Å². The fourth-order valence-electron chi connectivity index (χ4n) is 4.30. The molecule has 1 atom stereocenters. The molecule has 2 N–H and O–H groups in total.